The molecule has 2 fully saturated rings. The number of methoxy groups -OCH3 is 1. The Kier molecular flexibility index (Phi) is 3.56. The average molecular weight is 206 g/mol. The molecule has 1 heterocycles. The smallest absolute Gasteiger partial charge is 0.225 e. The zero-order chi connectivity index (χ0) is 8.55. The highest BCUT2D eigenvalue weighted by Gasteiger charge is 2.36. The summed E-state index contributed by atoms with van der Waals surface area (Å²) < 4.78 is 5.20. The van der Waals surface area contributed by atoms with Crippen LogP contribution in [-0.2, 0) is 9.53 Å². The molecule has 3 nitrogen and oxygen atoms in total. The Bertz CT molecular complexity index is 194. The molecular formula is C9H16ClNO2. The third kappa shape index (κ3) is 2.35. The Morgan fingerprint density at radius 1 is 1.38 bits per heavy atom. The molecule has 0 aromatic heterocycles. The number of halogens is 1. The summed E-state index contributed by atoms with van der Waals surface area (Å²) in [5.41, 5.74) is 0. The Hall–Kier alpha value is -0.280. The molecule has 1 saturated carbocycles. The van der Waals surface area contributed by atoms with E-state index in [-0.39, 0.29) is 18.5 Å². The van der Waals surface area contributed by atoms with Crippen LogP contribution in [0.2, 0.25) is 0 Å². The van der Waals surface area contributed by atoms with Crippen LogP contribution in [0.3, 0.4) is 0 Å². The highest BCUT2D eigenvalue weighted by atomic mass is 35.5. The Balaban J connectivity index is 0.000000845. The molecule has 2 rings (SSSR count). The fourth-order valence-corrected chi connectivity index (χ4v) is 1.71. The van der Waals surface area contributed by atoms with Gasteiger partial charge in [-0.25, -0.2) is 0 Å². The highest BCUT2D eigenvalue weighted by molar-refractivity contribution is 5.85. The van der Waals surface area contributed by atoms with Crippen LogP contribution in [0.25, 0.3) is 0 Å². The van der Waals surface area contributed by atoms with Crippen LogP contribution in [0.5, 0.6) is 0 Å². The van der Waals surface area contributed by atoms with E-state index in [1.807, 2.05) is 4.90 Å². The summed E-state index contributed by atoms with van der Waals surface area (Å²) in [7, 11) is 1.72. The molecule has 76 valence electrons. The van der Waals surface area contributed by atoms with E-state index >= 15 is 0 Å². The van der Waals surface area contributed by atoms with Gasteiger partial charge in [0.25, 0.3) is 0 Å². The second-order valence-corrected chi connectivity index (χ2v) is 3.70. The van der Waals surface area contributed by atoms with E-state index in [4.69, 9.17) is 4.74 Å². The van der Waals surface area contributed by atoms with Gasteiger partial charge in [0.05, 0.1) is 6.10 Å². The summed E-state index contributed by atoms with van der Waals surface area (Å²) in [6, 6.07) is 0. The molecule has 13 heavy (non-hydrogen) atoms. The maximum absolute atomic E-state index is 11.5. The summed E-state index contributed by atoms with van der Waals surface area (Å²) in [4.78, 5) is 13.5. The molecule has 0 aromatic carbocycles. The molecule has 0 unspecified atom stereocenters. The molecule has 0 bridgehead atoms. The average Bonchev–Trinajstić information content (AvgIpc) is 2.82. The number of nitrogens with zero attached hydrogens (tertiary/aromatic N) is 1. The SMILES string of the molecule is CO[C@@H]1CCN(C(=O)C2CC2)C1.Cl. The first-order valence-electron chi connectivity index (χ1n) is 4.63. The van der Waals surface area contributed by atoms with E-state index in [2.05, 4.69) is 0 Å². The van der Waals surface area contributed by atoms with Gasteiger partial charge < -0.3 is 9.64 Å². The zero-order valence-electron chi connectivity index (χ0n) is 7.86. The van der Waals surface area contributed by atoms with Gasteiger partial charge in [0.15, 0.2) is 0 Å². The van der Waals surface area contributed by atoms with Crippen LogP contribution in [0.1, 0.15) is 19.3 Å². The fraction of sp³-hybridized carbons (Fsp3) is 0.889. The van der Waals surface area contributed by atoms with Crippen molar-refractivity contribution in [3.8, 4) is 0 Å². The Morgan fingerprint density at radius 3 is 2.54 bits per heavy atom. The first-order chi connectivity index (χ1) is 5.81. The molecule has 0 spiro atoms. The molecule has 0 radical (unpaired) electrons. The minimum absolute atomic E-state index is 0. The Labute approximate surface area is 84.8 Å². The van der Waals surface area contributed by atoms with Crippen molar-refractivity contribution in [2.45, 2.75) is 25.4 Å². The molecule has 4 heteroatoms. The lowest BCUT2D eigenvalue weighted by molar-refractivity contribution is -0.131. The third-order valence-corrected chi connectivity index (χ3v) is 2.72. The summed E-state index contributed by atoms with van der Waals surface area (Å²) in [6.07, 6.45) is 3.50. The summed E-state index contributed by atoms with van der Waals surface area (Å²) in [6.45, 7) is 1.71. The molecule has 1 amide bonds. The minimum atomic E-state index is 0. The minimum Gasteiger partial charge on any atom is -0.380 e. The van der Waals surface area contributed by atoms with Crippen LogP contribution in [0, 0.1) is 5.92 Å². The number of amides is 1. The van der Waals surface area contributed by atoms with E-state index < -0.39 is 0 Å². The topological polar surface area (TPSA) is 29.5 Å². The van der Waals surface area contributed by atoms with Gasteiger partial charge in [0.2, 0.25) is 5.91 Å². The molecule has 0 aromatic rings. The number of ether oxygens (including phenoxy) is 1. The first kappa shape index (κ1) is 10.8. The molecule has 1 saturated heterocycles. The maximum atomic E-state index is 11.5. The van der Waals surface area contributed by atoms with Crippen molar-refractivity contribution in [2.24, 2.45) is 5.92 Å². The van der Waals surface area contributed by atoms with Gasteiger partial charge in [-0.05, 0) is 19.3 Å². The number of carbonyl (C=O) groups is 1. The van der Waals surface area contributed by atoms with E-state index in [1.54, 1.807) is 7.11 Å². The predicted molar refractivity (Wildman–Crippen MR) is 52.0 cm³/mol. The molecule has 2 aliphatic rings. The Morgan fingerprint density at radius 2 is 2.08 bits per heavy atom. The molecule has 1 aliphatic heterocycles. The molecule has 1 atom stereocenters. The fourth-order valence-electron chi connectivity index (χ4n) is 1.71. The van der Waals surface area contributed by atoms with Gasteiger partial charge in [-0.15, -0.1) is 12.4 Å². The number of hydrogen-bond acceptors (Lipinski definition) is 2. The second kappa shape index (κ2) is 4.29. The zero-order valence-corrected chi connectivity index (χ0v) is 8.68. The van der Waals surface area contributed by atoms with Gasteiger partial charge in [0.1, 0.15) is 0 Å². The number of carbonyl (C=O) groups excluding carboxylic acids is 1. The number of likely N-dealkylation sites (tertiary alicyclic amines) is 1. The van der Waals surface area contributed by atoms with Gasteiger partial charge in [-0.2, -0.15) is 0 Å². The lowest BCUT2D eigenvalue weighted by Gasteiger charge is -2.15. The largest absolute Gasteiger partial charge is 0.380 e. The van der Waals surface area contributed by atoms with Crippen molar-refractivity contribution < 1.29 is 9.53 Å². The number of hydrogen-bond donors (Lipinski definition) is 0. The maximum Gasteiger partial charge on any atom is 0.225 e. The van der Waals surface area contributed by atoms with E-state index in [0.29, 0.717) is 11.8 Å². The first-order valence-corrected chi connectivity index (χ1v) is 4.63. The number of rotatable bonds is 2. The van der Waals surface area contributed by atoms with Crippen molar-refractivity contribution in [3.63, 3.8) is 0 Å². The van der Waals surface area contributed by atoms with Crippen LogP contribution >= 0.6 is 12.4 Å². The van der Waals surface area contributed by atoms with Crippen LogP contribution in [-0.4, -0.2) is 37.1 Å². The monoisotopic (exact) mass is 205 g/mol. The molecule has 1 aliphatic carbocycles. The third-order valence-electron chi connectivity index (χ3n) is 2.72. The van der Waals surface area contributed by atoms with Crippen molar-refractivity contribution in [1.29, 1.82) is 0 Å². The van der Waals surface area contributed by atoms with Gasteiger partial charge in [-0.3, -0.25) is 4.79 Å². The quantitative estimate of drug-likeness (QED) is 0.675. The van der Waals surface area contributed by atoms with Gasteiger partial charge in [-0.1, -0.05) is 0 Å². The van der Waals surface area contributed by atoms with Crippen molar-refractivity contribution >= 4 is 18.3 Å². The van der Waals surface area contributed by atoms with Crippen molar-refractivity contribution in [1.82, 2.24) is 4.90 Å². The predicted octanol–water partition coefficient (Wildman–Crippen LogP) is 1.07. The van der Waals surface area contributed by atoms with E-state index in [9.17, 15) is 4.79 Å². The van der Waals surface area contributed by atoms with Gasteiger partial charge >= 0.3 is 0 Å². The second-order valence-electron chi connectivity index (χ2n) is 3.70. The van der Waals surface area contributed by atoms with E-state index in [1.165, 1.54) is 0 Å². The van der Waals surface area contributed by atoms with Gasteiger partial charge in [0, 0.05) is 26.1 Å². The van der Waals surface area contributed by atoms with E-state index in [0.717, 1.165) is 32.4 Å². The standard InChI is InChI=1S/C9H15NO2.ClH/c1-12-8-4-5-10(6-8)9(11)7-2-3-7;/h7-8H,2-6H2,1H3;1H/t8-;/m1./s1. The normalized spacial score (nSPS) is 27.2. The molecular weight excluding hydrogens is 190 g/mol. The summed E-state index contributed by atoms with van der Waals surface area (Å²) >= 11 is 0. The lowest BCUT2D eigenvalue weighted by Crippen LogP contribution is -2.31. The summed E-state index contributed by atoms with van der Waals surface area (Å²) in [5, 5.41) is 0. The van der Waals surface area contributed by atoms with Crippen LogP contribution in [0.4, 0.5) is 0 Å². The van der Waals surface area contributed by atoms with Crippen LogP contribution < -0.4 is 0 Å². The highest BCUT2D eigenvalue weighted by Crippen LogP contribution is 2.32. The van der Waals surface area contributed by atoms with Crippen molar-refractivity contribution in [2.75, 3.05) is 20.2 Å². The van der Waals surface area contributed by atoms with Crippen LogP contribution in [0.15, 0.2) is 0 Å². The lowest BCUT2D eigenvalue weighted by atomic mass is 10.3. The summed E-state index contributed by atoms with van der Waals surface area (Å²) in [5.74, 6) is 0.718. The molecule has 0 N–H and O–H groups in total. The van der Waals surface area contributed by atoms with Crippen molar-refractivity contribution in [3.05, 3.63) is 0 Å².